The van der Waals surface area contributed by atoms with Crippen molar-refractivity contribution in [1.82, 2.24) is 9.78 Å². The van der Waals surface area contributed by atoms with Crippen molar-refractivity contribution in [3.05, 3.63) is 99.7 Å². The van der Waals surface area contributed by atoms with Crippen LogP contribution in [0.25, 0.3) is 16.9 Å². The molecule has 0 atom stereocenters. The molecule has 8 nitrogen and oxygen atoms in total. The number of benzene rings is 3. The number of aryl methyl sites for hydroxylation is 1. The van der Waals surface area contributed by atoms with E-state index in [2.05, 4.69) is 0 Å². The highest BCUT2D eigenvalue weighted by Gasteiger charge is 2.27. The summed E-state index contributed by atoms with van der Waals surface area (Å²) >= 11 is 0. The van der Waals surface area contributed by atoms with Gasteiger partial charge in [0.05, 0.1) is 21.9 Å². The van der Waals surface area contributed by atoms with Crippen molar-refractivity contribution < 1.29 is 14.5 Å². The van der Waals surface area contributed by atoms with Crippen molar-refractivity contribution in [2.75, 3.05) is 0 Å². The second kappa shape index (κ2) is 8.23. The number of aromatic nitrogens is 2. The Bertz CT molecular complexity index is 1360. The summed E-state index contributed by atoms with van der Waals surface area (Å²) in [5.74, 6) is 0.827. The predicted molar refractivity (Wildman–Crippen MR) is 123 cm³/mol. The van der Waals surface area contributed by atoms with E-state index in [1.807, 2.05) is 54.6 Å². The van der Waals surface area contributed by atoms with Gasteiger partial charge in [-0.25, -0.2) is 4.68 Å². The molecule has 2 heterocycles. The lowest BCUT2D eigenvalue weighted by Gasteiger charge is -2.08. The smallest absolute Gasteiger partial charge is 0.269 e. The summed E-state index contributed by atoms with van der Waals surface area (Å²) < 4.78 is 7.55. The van der Waals surface area contributed by atoms with Crippen molar-refractivity contribution in [3.63, 3.8) is 0 Å². The first-order valence-corrected chi connectivity index (χ1v) is 10.5. The van der Waals surface area contributed by atoms with Crippen LogP contribution in [0.2, 0.25) is 0 Å². The van der Waals surface area contributed by atoms with Crippen LogP contribution in [0.15, 0.2) is 72.8 Å². The van der Waals surface area contributed by atoms with Crippen molar-refractivity contribution in [2.45, 2.75) is 19.3 Å². The average molecular weight is 440 g/mol. The highest BCUT2D eigenvalue weighted by molar-refractivity contribution is 6.00. The Morgan fingerprint density at radius 2 is 1.73 bits per heavy atom. The Hall–Kier alpha value is -4.46. The van der Waals surface area contributed by atoms with Gasteiger partial charge in [-0.1, -0.05) is 18.2 Å². The van der Waals surface area contributed by atoms with E-state index in [4.69, 9.17) is 15.6 Å². The molecule has 0 spiro atoms. The maximum Gasteiger partial charge on any atom is 0.269 e. The molecule has 4 aromatic rings. The molecule has 0 saturated carbocycles. The minimum atomic E-state index is -0.554. The average Bonchev–Trinajstić information content (AvgIpc) is 3.10. The fraction of sp³-hybridized carbons (Fsp3) is 0.120. The molecule has 0 radical (unpaired) electrons. The summed E-state index contributed by atoms with van der Waals surface area (Å²) in [6.45, 7) is 0. The first kappa shape index (κ1) is 20.4. The van der Waals surface area contributed by atoms with Gasteiger partial charge in [0, 0.05) is 17.7 Å². The van der Waals surface area contributed by atoms with Gasteiger partial charge in [0.2, 0.25) is 0 Å². The number of carbonyl (C=O) groups excluding carboxylic acids is 1. The number of primary amides is 1. The van der Waals surface area contributed by atoms with Crippen molar-refractivity contribution >= 4 is 11.6 Å². The molecule has 5 rings (SSSR count). The van der Waals surface area contributed by atoms with E-state index in [0.717, 1.165) is 34.7 Å². The summed E-state index contributed by atoms with van der Waals surface area (Å²) in [6.07, 6.45) is 1.96. The van der Waals surface area contributed by atoms with Crippen LogP contribution in [-0.2, 0) is 12.8 Å². The molecular weight excluding hydrogens is 420 g/mol. The van der Waals surface area contributed by atoms with E-state index in [9.17, 15) is 14.9 Å². The van der Waals surface area contributed by atoms with Crippen LogP contribution in [-0.4, -0.2) is 20.6 Å². The van der Waals surface area contributed by atoms with Crippen molar-refractivity contribution in [1.29, 1.82) is 0 Å². The Kier molecular flexibility index (Phi) is 5.10. The molecule has 0 saturated heterocycles. The van der Waals surface area contributed by atoms with E-state index in [1.54, 1.807) is 16.8 Å². The van der Waals surface area contributed by atoms with E-state index >= 15 is 0 Å². The number of hydrogen-bond donors (Lipinski definition) is 1. The Morgan fingerprint density at radius 1 is 1.00 bits per heavy atom. The number of nitro benzene ring substituents is 1. The first-order chi connectivity index (χ1) is 16.0. The number of nitro groups is 1. The molecule has 1 aromatic heterocycles. The predicted octanol–water partition coefficient (Wildman–Crippen LogP) is 4.83. The molecule has 164 valence electrons. The van der Waals surface area contributed by atoms with Gasteiger partial charge in [0.25, 0.3) is 11.6 Å². The highest BCUT2D eigenvalue weighted by Crippen LogP contribution is 2.34. The monoisotopic (exact) mass is 440 g/mol. The van der Waals surface area contributed by atoms with Gasteiger partial charge < -0.3 is 10.5 Å². The first-order valence-electron chi connectivity index (χ1n) is 10.5. The third-order valence-corrected chi connectivity index (χ3v) is 5.70. The minimum Gasteiger partial charge on any atom is -0.457 e. The normalized spacial score (nSPS) is 12.4. The van der Waals surface area contributed by atoms with E-state index < -0.39 is 10.8 Å². The van der Waals surface area contributed by atoms with Gasteiger partial charge in [0.15, 0.2) is 0 Å². The standard InChI is InChI=1S/C25H20N4O4/c26-25(30)23-22-8-4-5-17-15-18(29(31)32)11-14-21(17)28(22)27-24(23)16-9-12-20(13-10-16)33-19-6-2-1-3-7-19/h1-3,6-7,9-15H,4-5,8H2,(H2,26,30). The second-order valence-electron chi connectivity index (χ2n) is 7.81. The van der Waals surface area contributed by atoms with Crippen molar-refractivity contribution in [2.24, 2.45) is 5.73 Å². The molecule has 8 heteroatoms. The Balaban J connectivity index is 1.57. The van der Waals surface area contributed by atoms with Crippen LogP contribution in [0.4, 0.5) is 5.69 Å². The third-order valence-electron chi connectivity index (χ3n) is 5.70. The summed E-state index contributed by atoms with van der Waals surface area (Å²) in [6, 6.07) is 21.5. The number of nitrogens with two attached hydrogens (primary N) is 1. The number of non-ortho nitro benzene ring substituents is 1. The number of para-hydroxylation sites is 1. The quantitative estimate of drug-likeness (QED) is 0.353. The molecule has 0 aliphatic carbocycles. The SMILES string of the molecule is NC(=O)c1c(-c2ccc(Oc3ccccc3)cc2)nn2c1CCCc1cc([N+](=O)[O-])ccc1-2. The number of ether oxygens (including phenoxy) is 1. The molecule has 1 aliphatic rings. The lowest BCUT2D eigenvalue weighted by atomic mass is 10.0. The van der Waals surface area contributed by atoms with E-state index in [0.29, 0.717) is 29.8 Å². The van der Waals surface area contributed by atoms with Gasteiger partial charge in [-0.15, -0.1) is 0 Å². The maximum atomic E-state index is 12.5. The van der Waals surface area contributed by atoms with Crippen LogP contribution in [0.1, 0.15) is 28.0 Å². The molecule has 3 aromatic carbocycles. The topological polar surface area (TPSA) is 113 Å². The fourth-order valence-electron chi connectivity index (χ4n) is 4.19. The largest absolute Gasteiger partial charge is 0.457 e. The fourth-order valence-corrected chi connectivity index (χ4v) is 4.19. The van der Waals surface area contributed by atoms with Crippen LogP contribution in [0, 0.1) is 10.1 Å². The van der Waals surface area contributed by atoms with Gasteiger partial charge in [-0.2, -0.15) is 5.10 Å². The number of fused-ring (bicyclic) bond motifs is 3. The number of amides is 1. The van der Waals surface area contributed by atoms with Crippen LogP contribution >= 0.6 is 0 Å². The molecular formula is C25H20N4O4. The number of nitrogens with zero attached hydrogens (tertiary/aromatic N) is 3. The lowest BCUT2D eigenvalue weighted by molar-refractivity contribution is -0.384. The summed E-state index contributed by atoms with van der Waals surface area (Å²) in [5, 5.41) is 15.9. The number of rotatable bonds is 5. The maximum absolute atomic E-state index is 12.5. The molecule has 0 bridgehead atoms. The third kappa shape index (κ3) is 3.82. The second-order valence-corrected chi connectivity index (χ2v) is 7.81. The number of hydrogen-bond acceptors (Lipinski definition) is 5. The highest BCUT2D eigenvalue weighted by atomic mass is 16.6. The number of carbonyl (C=O) groups is 1. The minimum absolute atomic E-state index is 0.0358. The molecule has 0 unspecified atom stereocenters. The van der Waals surface area contributed by atoms with E-state index in [1.165, 1.54) is 6.07 Å². The van der Waals surface area contributed by atoms with Crippen molar-refractivity contribution in [3.8, 4) is 28.4 Å². The van der Waals surface area contributed by atoms with Crippen LogP contribution in [0.5, 0.6) is 11.5 Å². The van der Waals surface area contributed by atoms with Gasteiger partial charge >= 0.3 is 0 Å². The van der Waals surface area contributed by atoms with Gasteiger partial charge in [-0.05, 0) is 67.3 Å². The van der Waals surface area contributed by atoms with E-state index in [-0.39, 0.29) is 5.69 Å². The molecule has 2 N–H and O–H groups in total. The molecule has 0 fully saturated rings. The van der Waals surface area contributed by atoms with Crippen LogP contribution in [0.3, 0.4) is 0 Å². The van der Waals surface area contributed by atoms with Gasteiger partial charge in [-0.3, -0.25) is 14.9 Å². The van der Waals surface area contributed by atoms with Crippen LogP contribution < -0.4 is 10.5 Å². The molecule has 1 aliphatic heterocycles. The molecule has 33 heavy (non-hydrogen) atoms. The molecule has 1 amide bonds. The summed E-state index contributed by atoms with van der Waals surface area (Å²) in [5.41, 5.74) is 9.67. The van der Waals surface area contributed by atoms with Gasteiger partial charge in [0.1, 0.15) is 17.2 Å². The Labute approximate surface area is 189 Å². The zero-order valence-electron chi connectivity index (χ0n) is 17.6. The summed E-state index contributed by atoms with van der Waals surface area (Å²) in [7, 11) is 0. The Morgan fingerprint density at radius 3 is 2.42 bits per heavy atom. The summed E-state index contributed by atoms with van der Waals surface area (Å²) in [4.78, 5) is 23.3. The lowest BCUT2D eigenvalue weighted by Crippen LogP contribution is -2.14. The zero-order valence-corrected chi connectivity index (χ0v) is 17.6. The zero-order chi connectivity index (χ0) is 22.9.